The van der Waals surface area contributed by atoms with Crippen LogP contribution in [0.2, 0.25) is 0 Å². The predicted octanol–water partition coefficient (Wildman–Crippen LogP) is 0.676. The first-order valence-electron chi connectivity index (χ1n) is 4.22. The van der Waals surface area contributed by atoms with Gasteiger partial charge in [-0.3, -0.25) is 4.90 Å². The maximum absolute atomic E-state index is 5.59. The first-order chi connectivity index (χ1) is 5.90. The zero-order chi connectivity index (χ0) is 8.39. The van der Waals surface area contributed by atoms with Gasteiger partial charge in [0.2, 0.25) is 0 Å². The van der Waals surface area contributed by atoms with Crippen LogP contribution in [-0.4, -0.2) is 29.0 Å². The van der Waals surface area contributed by atoms with Gasteiger partial charge >= 0.3 is 0 Å². The summed E-state index contributed by atoms with van der Waals surface area (Å²) in [4.78, 5) is 6.63. The molecule has 0 aromatic carbocycles. The largest absolute Gasteiger partial charge is 0.329 e. The molecule has 2 heterocycles. The fourth-order valence-electron chi connectivity index (χ4n) is 1.47. The molecular weight excluding hydrogens is 170 g/mol. The quantitative estimate of drug-likeness (QED) is 0.749. The van der Waals surface area contributed by atoms with E-state index in [2.05, 4.69) is 9.88 Å². The fourth-order valence-corrected chi connectivity index (χ4v) is 2.11. The molecule has 2 N–H and O–H groups in total. The fraction of sp³-hybridized carbons (Fsp3) is 0.625. The van der Waals surface area contributed by atoms with Gasteiger partial charge in [0.25, 0.3) is 0 Å². The summed E-state index contributed by atoms with van der Waals surface area (Å²) in [5, 5.41) is 3.22. The van der Waals surface area contributed by atoms with E-state index < -0.39 is 0 Å². The van der Waals surface area contributed by atoms with E-state index in [4.69, 9.17) is 5.73 Å². The number of likely N-dealkylation sites (tertiary alicyclic amines) is 1. The Morgan fingerprint density at radius 2 is 2.67 bits per heavy atom. The minimum Gasteiger partial charge on any atom is -0.329 e. The van der Waals surface area contributed by atoms with Gasteiger partial charge < -0.3 is 5.73 Å². The van der Waals surface area contributed by atoms with Crippen LogP contribution < -0.4 is 5.73 Å². The van der Waals surface area contributed by atoms with Crippen molar-refractivity contribution in [2.45, 2.75) is 19.0 Å². The summed E-state index contributed by atoms with van der Waals surface area (Å²) >= 11 is 1.72. The van der Waals surface area contributed by atoms with E-state index in [1.165, 1.54) is 18.0 Å². The minimum atomic E-state index is 0.605. The van der Waals surface area contributed by atoms with Gasteiger partial charge in [0.05, 0.1) is 6.54 Å². The molecule has 66 valence electrons. The molecule has 12 heavy (non-hydrogen) atoms. The number of nitrogens with zero attached hydrogens (tertiary/aromatic N) is 2. The Morgan fingerprint density at radius 3 is 3.17 bits per heavy atom. The average molecular weight is 183 g/mol. The SMILES string of the molecule is NCC1CCN1Cc1nccs1. The molecule has 0 bridgehead atoms. The van der Waals surface area contributed by atoms with Crippen LogP contribution in [0, 0.1) is 0 Å². The molecule has 0 aliphatic carbocycles. The van der Waals surface area contributed by atoms with Crippen LogP contribution in [-0.2, 0) is 6.54 Å². The maximum atomic E-state index is 5.59. The standard InChI is InChI=1S/C8H13N3S/c9-5-7-1-3-11(7)6-8-10-2-4-12-8/h2,4,7H,1,3,5-6,9H2. The Balaban J connectivity index is 1.88. The summed E-state index contributed by atoms with van der Waals surface area (Å²) in [5.74, 6) is 0. The van der Waals surface area contributed by atoms with Crippen LogP contribution in [0.1, 0.15) is 11.4 Å². The molecule has 3 nitrogen and oxygen atoms in total. The lowest BCUT2D eigenvalue weighted by atomic mass is 10.0. The first kappa shape index (κ1) is 8.16. The molecule has 0 amide bonds. The van der Waals surface area contributed by atoms with Crippen LogP contribution in [0.15, 0.2) is 11.6 Å². The Morgan fingerprint density at radius 1 is 1.75 bits per heavy atom. The molecule has 2 rings (SSSR count). The van der Waals surface area contributed by atoms with Gasteiger partial charge in [-0.1, -0.05) is 0 Å². The first-order valence-corrected chi connectivity index (χ1v) is 5.10. The zero-order valence-corrected chi connectivity index (χ0v) is 7.76. The van der Waals surface area contributed by atoms with Gasteiger partial charge in [0, 0.05) is 30.7 Å². The monoisotopic (exact) mass is 183 g/mol. The molecule has 1 saturated heterocycles. The number of nitrogens with two attached hydrogens (primary N) is 1. The maximum Gasteiger partial charge on any atom is 0.107 e. The van der Waals surface area contributed by atoms with Crippen molar-refractivity contribution in [2.75, 3.05) is 13.1 Å². The minimum absolute atomic E-state index is 0.605. The number of aromatic nitrogens is 1. The van der Waals surface area contributed by atoms with E-state index in [1.54, 1.807) is 11.3 Å². The van der Waals surface area contributed by atoms with Gasteiger partial charge in [-0.25, -0.2) is 4.98 Å². The van der Waals surface area contributed by atoms with E-state index in [0.717, 1.165) is 13.1 Å². The van der Waals surface area contributed by atoms with Crippen molar-refractivity contribution in [3.63, 3.8) is 0 Å². The summed E-state index contributed by atoms with van der Waals surface area (Å²) in [7, 11) is 0. The molecule has 1 atom stereocenters. The van der Waals surface area contributed by atoms with Crippen LogP contribution in [0.5, 0.6) is 0 Å². The van der Waals surface area contributed by atoms with Crippen LogP contribution >= 0.6 is 11.3 Å². The molecular formula is C8H13N3S. The summed E-state index contributed by atoms with van der Waals surface area (Å²) in [5.41, 5.74) is 5.59. The van der Waals surface area contributed by atoms with Crippen molar-refractivity contribution >= 4 is 11.3 Å². The highest BCUT2D eigenvalue weighted by atomic mass is 32.1. The van der Waals surface area contributed by atoms with Crippen molar-refractivity contribution in [3.8, 4) is 0 Å². The topological polar surface area (TPSA) is 42.1 Å². The lowest BCUT2D eigenvalue weighted by molar-refractivity contribution is 0.0881. The predicted molar refractivity (Wildman–Crippen MR) is 50.0 cm³/mol. The zero-order valence-electron chi connectivity index (χ0n) is 6.94. The molecule has 0 radical (unpaired) electrons. The Kier molecular flexibility index (Phi) is 2.39. The van der Waals surface area contributed by atoms with E-state index in [9.17, 15) is 0 Å². The van der Waals surface area contributed by atoms with Gasteiger partial charge in [-0.05, 0) is 6.42 Å². The highest BCUT2D eigenvalue weighted by Gasteiger charge is 2.26. The molecule has 1 unspecified atom stereocenters. The Bertz CT molecular complexity index is 232. The van der Waals surface area contributed by atoms with Gasteiger partial charge in [0.1, 0.15) is 5.01 Å². The van der Waals surface area contributed by atoms with E-state index in [1.807, 2.05) is 11.6 Å². The third-order valence-corrected chi connectivity index (χ3v) is 3.12. The molecule has 1 aliphatic heterocycles. The van der Waals surface area contributed by atoms with E-state index in [0.29, 0.717) is 6.04 Å². The van der Waals surface area contributed by atoms with Gasteiger partial charge in [-0.15, -0.1) is 11.3 Å². The highest BCUT2D eigenvalue weighted by molar-refractivity contribution is 7.09. The van der Waals surface area contributed by atoms with Crippen LogP contribution in [0.3, 0.4) is 0 Å². The summed E-state index contributed by atoms with van der Waals surface area (Å²) < 4.78 is 0. The second-order valence-electron chi connectivity index (χ2n) is 3.07. The van der Waals surface area contributed by atoms with Crippen molar-refractivity contribution < 1.29 is 0 Å². The molecule has 1 fully saturated rings. The van der Waals surface area contributed by atoms with E-state index >= 15 is 0 Å². The van der Waals surface area contributed by atoms with Crippen molar-refractivity contribution in [1.82, 2.24) is 9.88 Å². The number of thiazole rings is 1. The molecule has 1 aromatic heterocycles. The van der Waals surface area contributed by atoms with Crippen molar-refractivity contribution in [3.05, 3.63) is 16.6 Å². The second kappa shape index (κ2) is 3.51. The van der Waals surface area contributed by atoms with Crippen molar-refractivity contribution in [1.29, 1.82) is 0 Å². The highest BCUT2D eigenvalue weighted by Crippen LogP contribution is 2.19. The average Bonchev–Trinajstić information content (AvgIpc) is 2.51. The third kappa shape index (κ3) is 1.50. The third-order valence-electron chi connectivity index (χ3n) is 2.36. The summed E-state index contributed by atoms with van der Waals surface area (Å²) in [6, 6.07) is 0.605. The van der Waals surface area contributed by atoms with Gasteiger partial charge in [-0.2, -0.15) is 0 Å². The van der Waals surface area contributed by atoms with E-state index in [-0.39, 0.29) is 0 Å². The summed E-state index contributed by atoms with van der Waals surface area (Å²) in [6.07, 6.45) is 3.11. The molecule has 0 spiro atoms. The Hall–Kier alpha value is -0.450. The second-order valence-corrected chi connectivity index (χ2v) is 4.05. The molecule has 0 saturated carbocycles. The van der Waals surface area contributed by atoms with Crippen LogP contribution in [0.4, 0.5) is 0 Å². The lowest BCUT2D eigenvalue weighted by Gasteiger charge is -2.39. The Labute approximate surface area is 76.2 Å². The summed E-state index contributed by atoms with van der Waals surface area (Å²) in [6.45, 7) is 2.95. The molecule has 1 aliphatic rings. The van der Waals surface area contributed by atoms with Crippen molar-refractivity contribution in [2.24, 2.45) is 5.73 Å². The normalized spacial score (nSPS) is 23.9. The number of rotatable bonds is 3. The molecule has 4 heteroatoms. The lowest BCUT2D eigenvalue weighted by Crippen LogP contribution is -2.50. The van der Waals surface area contributed by atoms with Gasteiger partial charge in [0.15, 0.2) is 0 Å². The smallest absolute Gasteiger partial charge is 0.107 e. The number of hydrogen-bond acceptors (Lipinski definition) is 4. The number of hydrogen-bond donors (Lipinski definition) is 1. The molecule has 1 aromatic rings. The van der Waals surface area contributed by atoms with Crippen LogP contribution in [0.25, 0.3) is 0 Å².